The number of piperazine rings is 1. The zero-order chi connectivity index (χ0) is 31.8. The fourth-order valence-corrected chi connectivity index (χ4v) is 6.52. The summed E-state index contributed by atoms with van der Waals surface area (Å²) < 4.78 is 45.9. The molecule has 2 fully saturated rings. The number of fused-ring (bicyclic) bond motifs is 1. The van der Waals surface area contributed by atoms with E-state index in [-0.39, 0.29) is 18.2 Å². The SMILES string of the molecule is CC(C)(c1n[nH]c(CNC(=O)C2Cc3cc(Cl)c(-c4ccc(CN5CCC(N6CCNCC6)CC5)cc4)cc3O2)n1)C(F)(F)F. The van der Waals surface area contributed by atoms with Gasteiger partial charge in [0.1, 0.15) is 17.0 Å². The summed E-state index contributed by atoms with van der Waals surface area (Å²) in [5, 5.41) is 12.9. The van der Waals surface area contributed by atoms with Gasteiger partial charge in [-0.3, -0.25) is 19.7 Å². The third kappa shape index (κ3) is 6.98. The number of nitrogens with one attached hydrogen (secondary N) is 3. The zero-order valence-electron chi connectivity index (χ0n) is 25.5. The van der Waals surface area contributed by atoms with Gasteiger partial charge in [-0.15, -0.1) is 0 Å². The van der Waals surface area contributed by atoms with Gasteiger partial charge in [0.15, 0.2) is 11.9 Å². The van der Waals surface area contributed by atoms with E-state index < -0.39 is 23.6 Å². The monoisotopic (exact) mass is 645 g/mol. The Morgan fingerprint density at radius 2 is 1.80 bits per heavy atom. The van der Waals surface area contributed by atoms with Crippen LogP contribution in [0, 0.1) is 0 Å². The van der Waals surface area contributed by atoms with Crippen molar-refractivity contribution in [3.63, 3.8) is 0 Å². The molecular weight excluding hydrogens is 607 g/mol. The maximum Gasteiger partial charge on any atom is 0.401 e. The predicted molar refractivity (Wildman–Crippen MR) is 165 cm³/mol. The Morgan fingerprint density at radius 3 is 2.49 bits per heavy atom. The number of rotatable bonds is 8. The van der Waals surface area contributed by atoms with Crippen molar-refractivity contribution in [1.29, 1.82) is 0 Å². The number of benzene rings is 2. The Balaban J connectivity index is 1.02. The maximum atomic E-state index is 13.3. The number of piperidine rings is 1. The summed E-state index contributed by atoms with van der Waals surface area (Å²) in [6, 6.07) is 12.8. The van der Waals surface area contributed by atoms with Crippen LogP contribution in [0.25, 0.3) is 11.1 Å². The lowest BCUT2D eigenvalue weighted by molar-refractivity contribution is -0.182. The van der Waals surface area contributed by atoms with Crippen LogP contribution in [0.3, 0.4) is 0 Å². The molecule has 0 radical (unpaired) electrons. The number of alkyl halides is 3. The lowest BCUT2D eigenvalue weighted by atomic mass is 9.92. The molecule has 13 heteroatoms. The van der Waals surface area contributed by atoms with Gasteiger partial charge in [-0.2, -0.15) is 18.3 Å². The van der Waals surface area contributed by atoms with Crippen molar-refractivity contribution >= 4 is 17.5 Å². The summed E-state index contributed by atoms with van der Waals surface area (Å²) in [7, 11) is 0. The number of aromatic nitrogens is 3. The van der Waals surface area contributed by atoms with Gasteiger partial charge >= 0.3 is 6.18 Å². The average molecular weight is 646 g/mol. The normalized spacial score (nSPS) is 20.2. The van der Waals surface area contributed by atoms with Gasteiger partial charge in [-0.25, -0.2) is 4.98 Å². The third-order valence-corrected chi connectivity index (χ3v) is 9.56. The van der Waals surface area contributed by atoms with E-state index in [1.807, 2.05) is 12.1 Å². The second kappa shape index (κ2) is 12.9. The number of hydrogen-bond acceptors (Lipinski definition) is 7. The second-order valence-corrected chi connectivity index (χ2v) is 13.1. The molecule has 1 unspecified atom stereocenters. The molecule has 3 aliphatic rings. The molecule has 0 saturated carbocycles. The molecule has 3 N–H and O–H groups in total. The van der Waals surface area contributed by atoms with E-state index in [1.54, 1.807) is 0 Å². The van der Waals surface area contributed by atoms with E-state index in [0.717, 1.165) is 76.4 Å². The second-order valence-electron chi connectivity index (χ2n) is 12.7. The highest BCUT2D eigenvalue weighted by atomic mass is 35.5. The molecule has 4 heterocycles. The van der Waals surface area contributed by atoms with Gasteiger partial charge in [-0.05, 0) is 68.6 Å². The maximum absolute atomic E-state index is 13.3. The highest BCUT2D eigenvalue weighted by Crippen LogP contribution is 2.40. The molecule has 1 aromatic heterocycles. The van der Waals surface area contributed by atoms with Crippen LogP contribution in [0.4, 0.5) is 13.2 Å². The van der Waals surface area contributed by atoms with Gasteiger partial charge in [0, 0.05) is 55.8 Å². The number of carbonyl (C=O) groups excluding carboxylic acids is 1. The standard InChI is InChI=1S/C32H39ClF3N7O2/c1-31(2,32(34,35)36)30-39-28(40-41-30)18-38-29(44)27-16-22-15-25(33)24(17-26(22)45-27)21-5-3-20(4-6-21)19-42-11-7-23(8-12-42)43-13-9-37-10-14-43/h3-6,15,17,23,27,37H,7-14,16,18-19H2,1-2H3,(H,38,44)(H,39,40,41). The fraction of sp³-hybridized carbons (Fsp3) is 0.531. The molecule has 1 atom stereocenters. The highest BCUT2D eigenvalue weighted by molar-refractivity contribution is 6.33. The van der Waals surface area contributed by atoms with E-state index >= 15 is 0 Å². The molecule has 3 aliphatic heterocycles. The first-order valence-electron chi connectivity index (χ1n) is 15.5. The van der Waals surface area contributed by atoms with Crippen molar-refractivity contribution in [3.05, 3.63) is 64.2 Å². The van der Waals surface area contributed by atoms with Crippen molar-refractivity contribution in [2.75, 3.05) is 39.3 Å². The Labute approximate surface area is 265 Å². The molecule has 0 spiro atoms. The van der Waals surface area contributed by atoms with Crippen LogP contribution in [0.15, 0.2) is 36.4 Å². The quantitative estimate of drug-likeness (QED) is 0.333. The molecule has 2 aromatic carbocycles. The number of hydrogen-bond donors (Lipinski definition) is 3. The number of halogens is 4. The molecule has 3 aromatic rings. The van der Waals surface area contributed by atoms with E-state index in [9.17, 15) is 18.0 Å². The summed E-state index contributed by atoms with van der Waals surface area (Å²) in [5.74, 6) is -0.0808. The number of aromatic amines is 1. The first kappa shape index (κ1) is 31.8. The van der Waals surface area contributed by atoms with E-state index in [2.05, 4.69) is 59.9 Å². The molecular formula is C32H39ClF3N7O2. The fourth-order valence-electron chi connectivity index (χ4n) is 6.23. The molecule has 0 bridgehead atoms. The minimum atomic E-state index is -4.51. The summed E-state index contributed by atoms with van der Waals surface area (Å²) in [6.07, 6.45) is -2.55. The predicted octanol–water partition coefficient (Wildman–Crippen LogP) is 4.45. The summed E-state index contributed by atoms with van der Waals surface area (Å²) in [6.45, 7) is 9.52. The number of H-pyrrole nitrogens is 1. The Bertz CT molecular complexity index is 1500. The van der Waals surface area contributed by atoms with E-state index in [4.69, 9.17) is 16.3 Å². The van der Waals surface area contributed by atoms with Gasteiger partial charge < -0.3 is 15.4 Å². The number of amides is 1. The van der Waals surface area contributed by atoms with E-state index in [1.165, 1.54) is 18.4 Å². The first-order valence-corrected chi connectivity index (χ1v) is 15.9. The van der Waals surface area contributed by atoms with E-state index in [0.29, 0.717) is 23.2 Å². The van der Waals surface area contributed by atoms with Crippen LogP contribution in [-0.4, -0.2) is 88.5 Å². The number of ether oxygens (including phenoxy) is 1. The lowest BCUT2D eigenvalue weighted by Gasteiger charge is -2.40. The molecule has 1 amide bonds. The van der Waals surface area contributed by atoms with Crippen LogP contribution in [0.5, 0.6) is 5.75 Å². The smallest absolute Gasteiger partial charge is 0.401 e. The molecule has 9 nitrogen and oxygen atoms in total. The number of carbonyl (C=O) groups is 1. The first-order chi connectivity index (χ1) is 21.5. The van der Waals surface area contributed by atoms with Crippen LogP contribution in [0.1, 0.15) is 49.5 Å². The van der Waals surface area contributed by atoms with Crippen LogP contribution in [0.2, 0.25) is 5.02 Å². The van der Waals surface area contributed by atoms with Crippen molar-refractivity contribution < 1.29 is 22.7 Å². The summed E-state index contributed by atoms with van der Waals surface area (Å²) in [4.78, 5) is 22.0. The van der Waals surface area contributed by atoms with Crippen molar-refractivity contribution in [3.8, 4) is 16.9 Å². The van der Waals surface area contributed by atoms with Crippen molar-refractivity contribution in [1.82, 2.24) is 35.6 Å². The highest BCUT2D eigenvalue weighted by Gasteiger charge is 2.51. The molecule has 242 valence electrons. The van der Waals surface area contributed by atoms with Gasteiger partial charge in [0.25, 0.3) is 5.91 Å². The lowest BCUT2D eigenvalue weighted by Crippen LogP contribution is -2.51. The third-order valence-electron chi connectivity index (χ3n) is 9.24. The minimum absolute atomic E-state index is 0.109. The topological polar surface area (TPSA) is 98.4 Å². The van der Waals surface area contributed by atoms with Crippen molar-refractivity contribution in [2.24, 2.45) is 0 Å². The van der Waals surface area contributed by atoms with Crippen LogP contribution < -0.4 is 15.4 Å². The minimum Gasteiger partial charge on any atom is -0.480 e. The van der Waals surface area contributed by atoms with Crippen LogP contribution in [-0.2, 0) is 29.7 Å². The summed E-state index contributed by atoms with van der Waals surface area (Å²) in [5.41, 5.74) is 1.63. The average Bonchev–Trinajstić information content (AvgIpc) is 3.68. The number of likely N-dealkylation sites (tertiary alicyclic amines) is 1. The molecule has 6 rings (SSSR count). The van der Waals surface area contributed by atoms with Crippen molar-refractivity contribution in [2.45, 2.75) is 69.9 Å². The molecule has 0 aliphatic carbocycles. The van der Waals surface area contributed by atoms with Gasteiger partial charge in [0.2, 0.25) is 0 Å². The van der Waals surface area contributed by atoms with Crippen LogP contribution >= 0.6 is 11.6 Å². The van der Waals surface area contributed by atoms with Gasteiger partial charge in [0.05, 0.1) is 6.54 Å². The Hall–Kier alpha value is -3.19. The summed E-state index contributed by atoms with van der Waals surface area (Å²) >= 11 is 6.68. The van der Waals surface area contributed by atoms with Gasteiger partial charge in [-0.1, -0.05) is 35.9 Å². The largest absolute Gasteiger partial charge is 0.480 e. The Morgan fingerprint density at radius 1 is 1.09 bits per heavy atom. The Kier molecular flexibility index (Phi) is 9.11. The molecule has 2 saturated heterocycles. The number of nitrogens with zero attached hydrogens (tertiary/aromatic N) is 4. The zero-order valence-corrected chi connectivity index (χ0v) is 26.3. The molecule has 45 heavy (non-hydrogen) atoms.